The minimum absolute atomic E-state index is 0.153. The molecule has 0 saturated heterocycles. The summed E-state index contributed by atoms with van der Waals surface area (Å²) in [5, 5.41) is 10.7. The van der Waals surface area contributed by atoms with Gasteiger partial charge in [0.2, 0.25) is 5.89 Å². The molecule has 0 atom stereocenters. The first kappa shape index (κ1) is 11.0. The Labute approximate surface area is 114 Å². The van der Waals surface area contributed by atoms with Crippen LogP contribution in [0.1, 0.15) is 0 Å². The Morgan fingerprint density at radius 2 is 1.75 bits per heavy atom. The van der Waals surface area contributed by atoms with Crippen LogP contribution in [0.2, 0.25) is 0 Å². The molecule has 4 rings (SSSR count). The van der Waals surface area contributed by atoms with Crippen LogP contribution < -0.4 is 0 Å². The molecule has 0 unspecified atom stereocenters. The third-order valence-electron chi connectivity index (χ3n) is 3.21. The lowest BCUT2D eigenvalue weighted by Gasteiger charge is -2.01. The van der Waals surface area contributed by atoms with Gasteiger partial charge in [0.25, 0.3) is 0 Å². The van der Waals surface area contributed by atoms with Crippen molar-refractivity contribution >= 4 is 22.0 Å². The zero-order valence-corrected chi connectivity index (χ0v) is 10.4. The summed E-state index contributed by atoms with van der Waals surface area (Å²) in [6.45, 7) is 0. The maximum absolute atomic E-state index is 9.87. The standard InChI is InChI=1S/C16H10N2O2/c19-13-6-3-4-10-8-9-12(17-15(10)13)16-18-11-5-1-2-7-14(11)20-16/h1-9,19H. The van der Waals surface area contributed by atoms with Crippen molar-refractivity contribution in [2.45, 2.75) is 0 Å². The second kappa shape index (κ2) is 4.06. The van der Waals surface area contributed by atoms with E-state index in [0.717, 1.165) is 16.5 Å². The molecule has 96 valence electrons. The van der Waals surface area contributed by atoms with Gasteiger partial charge in [0.05, 0.1) is 0 Å². The Morgan fingerprint density at radius 1 is 0.850 bits per heavy atom. The summed E-state index contributed by atoms with van der Waals surface area (Å²) in [4.78, 5) is 8.84. The van der Waals surface area contributed by atoms with Crippen LogP contribution in [0.3, 0.4) is 0 Å². The van der Waals surface area contributed by atoms with Crippen molar-refractivity contribution in [1.82, 2.24) is 9.97 Å². The van der Waals surface area contributed by atoms with Gasteiger partial charge in [-0.1, -0.05) is 30.3 Å². The summed E-state index contributed by atoms with van der Waals surface area (Å²) in [5.41, 5.74) is 2.67. The Bertz CT molecular complexity index is 895. The average molecular weight is 262 g/mol. The van der Waals surface area contributed by atoms with Gasteiger partial charge in [-0.05, 0) is 24.3 Å². The van der Waals surface area contributed by atoms with Gasteiger partial charge < -0.3 is 9.52 Å². The molecule has 4 nitrogen and oxygen atoms in total. The number of oxazole rings is 1. The van der Waals surface area contributed by atoms with Crippen LogP contribution in [0.25, 0.3) is 33.6 Å². The lowest BCUT2D eigenvalue weighted by Crippen LogP contribution is -1.85. The predicted octanol–water partition coefficient (Wildman–Crippen LogP) is 3.75. The number of pyridine rings is 1. The van der Waals surface area contributed by atoms with Crippen molar-refractivity contribution in [2.75, 3.05) is 0 Å². The molecule has 20 heavy (non-hydrogen) atoms. The van der Waals surface area contributed by atoms with Crippen LogP contribution >= 0.6 is 0 Å². The monoisotopic (exact) mass is 262 g/mol. The normalized spacial score (nSPS) is 11.2. The van der Waals surface area contributed by atoms with E-state index >= 15 is 0 Å². The van der Waals surface area contributed by atoms with Gasteiger partial charge in [-0.3, -0.25) is 0 Å². The fraction of sp³-hybridized carbons (Fsp3) is 0. The zero-order chi connectivity index (χ0) is 13.5. The second-order valence-electron chi connectivity index (χ2n) is 4.53. The Hall–Kier alpha value is -2.88. The molecule has 2 aromatic heterocycles. The van der Waals surface area contributed by atoms with Crippen LogP contribution in [0.5, 0.6) is 5.75 Å². The second-order valence-corrected chi connectivity index (χ2v) is 4.53. The van der Waals surface area contributed by atoms with Crippen LogP contribution in [-0.2, 0) is 0 Å². The number of phenols is 1. The van der Waals surface area contributed by atoms with Crippen molar-refractivity contribution in [3.8, 4) is 17.3 Å². The summed E-state index contributed by atoms with van der Waals surface area (Å²) in [7, 11) is 0. The minimum Gasteiger partial charge on any atom is -0.506 e. The van der Waals surface area contributed by atoms with E-state index in [2.05, 4.69) is 9.97 Å². The molecule has 0 fully saturated rings. The lowest BCUT2D eigenvalue weighted by molar-refractivity contribution is 0.480. The molecular formula is C16H10N2O2. The fourth-order valence-corrected chi connectivity index (χ4v) is 2.23. The van der Waals surface area contributed by atoms with E-state index in [1.165, 1.54) is 0 Å². The maximum atomic E-state index is 9.87. The number of rotatable bonds is 1. The van der Waals surface area contributed by atoms with Gasteiger partial charge in [0.1, 0.15) is 22.5 Å². The Kier molecular flexibility index (Phi) is 2.23. The number of benzene rings is 2. The first-order valence-electron chi connectivity index (χ1n) is 6.26. The number of para-hydroxylation sites is 3. The van der Waals surface area contributed by atoms with E-state index in [-0.39, 0.29) is 5.75 Å². The van der Waals surface area contributed by atoms with Gasteiger partial charge in [0, 0.05) is 5.39 Å². The first-order valence-corrected chi connectivity index (χ1v) is 6.26. The van der Waals surface area contributed by atoms with Crippen LogP contribution in [0, 0.1) is 0 Å². The van der Waals surface area contributed by atoms with Gasteiger partial charge in [-0.2, -0.15) is 0 Å². The number of nitrogens with zero attached hydrogens (tertiary/aromatic N) is 2. The quantitative estimate of drug-likeness (QED) is 0.567. The smallest absolute Gasteiger partial charge is 0.246 e. The average Bonchev–Trinajstić information content (AvgIpc) is 2.91. The highest BCUT2D eigenvalue weighted by atomic mass is 16.3. The van der Waals surface area contributed by atoms with Gasteiger partial charge in [-0.25, -0.2) is 9.97 Å². The molecule has 2 aromatic carbocycles. The number of hydrogen-bond acceptors (Lipinski definition) is 4. The molecule has 0 spiro atoms. The number of aromatic nitrogens is 2. The number of aromatic hydroxyl groups is 1. The van der Waals surface area contributed by atoms with Crippen molar-refractivity contribution in [1.29, 1.82) is 0 Å². The molecule has 0 radical (unpaired) electrons. The topological polar surface area (TPSA) is 59.2 Å². The molecule has 0 aliphatic carbocycles. The summed E-state index contributed by atoms with van der Waals surface area (Å²) >= 11 is 0. The van der Waals surface area contributed by atoms with E-state index in [1.54, 1.807) is 12.1 Å². The minimum atomic E-state index is 0.153. The van der Waals surface area contributed by atoms with Gasteiger partial charge in [-0.15, -0.1) is 0 Å². The molecule has 0 saturated carbocycles. The number of fused-ring (bicyclic) bond motifs is 2. The van der Waals surface area contributed by atoms with Crippen molar-refractivity contribution in [3.05, 3.63) is 54.6 Å². The van der Waals surface area contributed by atoms with Crippen molar-refractivity contribution in [3.63, 3.8) is 0 Å². The van der Waals surface area contributed by atoms with Crippen LogP contribution in [0.15, 0.2) is 59.0 Å². The third-order valence-corrected chi connectivity index (χ3v) is 3.21. The molecule has 4 aromatic rings. The first-order chi connectivity index (χ1) is 9.81. The maximum Gasteiger partial charge on any atom is 0.246 e. The Balaban J connectivity index is 1.95. The van der Waals surface area contributed by atoms with E-state index in [0.29, 0.717) is 17.1 Å². The number of hydrogen-bond donors (Lipinski definition) is 1. The SMILES string of the molecule is Oc1cccc2ccc(-c3nc4ccccc4o3)nc12. The molecule has 0 aliphatic heterocycles. The third kappa shape index (κ3) is 1.62. The molecule has 2 heterocycles. The molecule has 0 amide bonds. The van der Waals surface area contributed by atoms with Crippen LogP contribution in [-0.4, -0.2) is 15.1 Å². The van der Waals surface area contributed by atoms with Crippen molar-refractivity contribution < 1.29 is 9.52 Å². The highest BCUT2D eigenvalue weighted by Crippen LogP contribution is 2.27. The number of phenolic OH excluding ortho intramolecular Hbond substituents is 1. The summed E-state index contributed by atoms with van der Waals surface area (Å²) < 4.78 is 5.69. The van der Waals surface area contributed by atoms with Crippen LogP contribution in [0.4, 0.5) is 0 Å². The van der Waals surface area contributed by atoms with E-state index in [1.807, 2.05) is 42.5 Å². The lowest BCUT2D eigenvalue weighted by atomic mass is 10.2. The molecule has 0 bridgehead atoms. The van der Waals surface area contributed by atoms with Crippen molar-refractivity contribution in [2.24, 2.45) is 0 Å². The van der Waals surface area contributed by atoms with E-state index in [4.69, 9.17) is 4.42 Å². The predicted molar refractivity (Wildman–Crippen MR) is 76.4 cm³/mol. The summed E-state index contributed by atoms with van der Waals surface area (Å²) in [6, 6.07) is 16.6. The molecule has 4 heteroatoms. The molecule has 0 aliphatic rings. The van der Waals surface area contributed by atoms with E-state index < -0.39 is 0 Å². The largest absolute Gasteiger partial charge is 0.506 e. The fourth-order valence-electron chi connectivity index (χ4n) is 2.23. The Morgan fingerprint density at radius 3 is 2.65 bits per heavy atom. The van der Waals surface area contributed by atoms with Gasteiger partial charge >= 0.3 is 0 Å². The summed E-state index contributed by atoms with van der Waals surface area (Å²) in [5.74, 6) is 0.608. The zero-order valence-electron chi connectivity index (χ0n) is 10.4. The van der Waals surface area contributed by atoms with Gasteiger partial charge in [0.15, 0.2) is 5.58 Å². The summed E-state index contributed by atoms with van der Waals surface area (Å²) in [6.07, 6.45) is 0. The van der Waals surface area contributed by atoms with E-state index in [9.17, 15) is 5.11 Å². The highest BCUT2D eigenvalue weighted by molar-refractivity contribution is 5.86. The highest BCUT2D eigenvalue weighted by Gasteiger charge is 2.10. The molecule has 1 N–H and O–H groups in total. The molecular weight excluding hydrogens is 252 g/mol.